The predicted octanol–water partition coefficient (Wildman–Crippen LogP) is 3.44. The molecule has 7 nitrogen and oxygen atoms in total. The molecule has 25 heavy (non-hydrogen) atoms. The van der Waals surface area contributed by atoms with Crippen molar-refractivity contribution in [3.63, 3.8) is 0 Å². The summed E-state index contributed by atoms with van der Waals surface area (Å²) in [6, 6.07) is 7.73. The number of furan rings is 1. The molecule has 0 N–H and O–H groups in total. The summed E-state index contributed by atoms with van der Waals surface area (Å²) in [4.78, 5) is 10.4. The van der Waals surface area contributed by atoms with E-state index in [1.54, 1.807) is 6.07 Å². The predicted molar refractivity (Wildman–Crippen MR) is 91.7 cm³/mol. The molecule has 0 spiro atoms. The Balaban J connectivity index is 1.83. The van der Waals surface area contributed by atoms with Gasteiger partial charge in [-0.3, -0.25) is 10.1 Å². The molecule has 0 bridgehead atoms. The largest absolute Gasteiger partial charge is 0.464 e. The Morgan fingerprint density at radius 2 is 2.00 bits per heavy atom. The summed E-state index contributed by atoms with van der Waals surface area (Å²) >= 11 is 0. The third-order valence-corrected chi connectivity index (χ3v) is 6.62. The summed E-state index contributed by atoms with van der Waals surface area (Å²) in [5, 5.41) is 11.0. The van der Waals surface area contributed by atoms with Crippen molar-refractivity contribution in [3.05, 3.63) is 57.5 Å². The van der Waals surface area contributed by atoms with Crippen LogP contribution in [0.2, 0.25) is 0 Å². The minimum atomic E-state index is -3.86. The number of nitrogens with zero attached hydrogens (tertiary/aromatic N) is 2. The van der Waals surface area contributed by atoms with Crippen LogP contribution in [0.25, 0.3) is 0 Å². The number of sulfonamides is 1. The highest BCUT2D eigenvalue weighted by Crippen LogP contribution is 2.47. The first-order chi connectivity index (χ1) is 11.7. The maximum atomic E-state index is 12.8. The molecular weight excluding hydrogens is 344 g/mol. The van der Waals surface area contributed by atoms with E-state index in [0.29, 0.717) is 17.6 Å². The normalized spacial score (nSPS) is 20.0. The maximum Gasteiger partial charge on any atom is 0.273 e. The van der Waals surface area contributed by atoms with E-state index in [4.69, 9.17) is 4.42 Å². The molecular formula is C17H20N2O5S. The smallest absolute Gasteiger partial charge is 0.273 e. The molecule has 1 fully saturated rings. The molecule has 0 aliphatic heterocycles. The van der Waals surface area contributed by atoms with Crippen molar-refractivity contribution in [2.75, 3.05) is 7.05 Å². The quantitative estimate of drug-likeness (QED) is 0.578. The van der Waals surface area contributed by atoms with Gasteiger partial charge < -0.3 is 4.42 Å². The number of benzene rings is 1. The molecule has 3 rings (SSSR count). The van der Waals surface area contributed by atoms with E-state index in [-0.39, 0.29) is 22.7 Å². The van der Waals surface area contributed by atoms with Crippen molar-refractivity contribution >= 4 is 15.7 Å². The first-order valence-electron chi connectivity index (χ1n) is 8.00. The van der Waals surface area contributed by atoms with E-state index < -0.39 is 14.9 Å². The second kappa shape index (κ2) is 6.27. The number of hydrogen-bond acceptors (Lipinski definition) is 5. The van der Waals surface area contributed by atoms with Crippen molar-refractivity contribution in [1.82, 2.24) is 4.31 Å². The van der Waals surface area contributed by atoms with Gasteiger partial charge in [-0.1, -0.05) is 13.0 Å². The van der Waals surface area contributed by atoms with Crippen molar-refractivity contribution in [3.8, 4) is 0 Å². The topological polar surface area (TPSA) is 93.7 Å². The molecule has 134 valence electrons. The fourth-order valence-electron chi connectivity index (χ4n) is 2.95. The van der Waals surface area contributed by atoms with Crippen LogP contribution < -0.4 is 0 Å². The summed E-state index contributed by atoms with van der Waals surface area (Å²) in [5.41, 5.74) is -0.0798. The van der Waals surface area contributed by atoms with Crippen LogP contribution in [0.4, 0.5) is 5.69 Å². The van der Waals surface area contributed by atoms with Gasteiger partial charge in [0, 0.05) is 24.6 Å². The molecule has 1 aliphatic carbocycles. The summed E-state index contributed by atoms with van der Waals surface area (Å²) < 4.78 is 32.5. The zero-order valence-corrected chi connectivity index (χ0v) is 15.1. The third kappa shape index (κ3) is 3.32. The van der Waals surface area contributed by atoms with Crippen molar-refractivity contribution in [1.29, 1.82) is 0 Å². The molecule has 0 radical (unpaired) electrons. The van der Waals surface area contributed by atoms with Gasteiger partial charge in [0.2, 0.25) is 10.0 Å². The maximum absolute atomic E-state index is 12.8. The van der Waals surface area contributed by atoms with E-state index in [1.807, 2.05) is 6.07 Å². The van der Waals surface area contributed by atoms with Gasteiger partial charge in [0.15, 0.2) is 0 Å². The van der Waals surface area contributed by atoms with E-state index in [1.165, 1.54) is 32.2 Å². The molecule has 0 saturated heterocycles. The monoisotopic (exact) mass is 364 g/mol. The molecule has 1 saturated carbocycles. The van der Waals surface area contributed by atoms with Gasteiger partial charge in [0.25, 0.3) is 5.69 Å². The van der Waals surface area contributed by atoms with Gasteiger partial charge in [-0.25, -0.2) is 8.42 Å². The Hall–Kier alpha value is -2.19. The average molecular weight is 364 g/mol. The zero-order chi connectivity index (χ0) is 18.4. The van der Waals surface area contributed by atoms with Gasteiger partial charge >= 0.3 is 0 Å². The molecule has 1 aliphatic rings. The first kappa shape index (κ1) is 17.6. The van der Waals surface area contributed by atoms with Gasteiger partial charge in [-0.2, -0.15) is 4.31 Å². The van der Waals surface area contributed by atoms with Crippen LogP contribution in [0.15, 0.2) is 39.6 Å². The fourth-order valence-corrected chi connectivity index (χ4v) is 4.32. The number of nitro groups is 1. The highest BCUT2D eigenvalue weighted by Gasteiger charge is 2.37. The van der Waals surface area contributed by atoms with Crippen LogP contribution in [-0.4, -0.2) is 24.7 Å². The summed E-state index contributed by atoms with van der Waals surface area (Å²) in [5.74, 6) is 2.48. The Morgan fingerprint density at radius 3 is 2.60 bits per heavy atom. The van der Waals surface area contributed by atoms with Crippen LogP contribution in [0, 0.1) is 23.0 Å². The average Bonchev–Trinajstić information content (AvgIpc) is 3.09. The van der Waals surface area contributed by atoms with Crippen molar-refractivity contribution < 1.29 is 17.8 Å². The lowest BCUT2D eigenvalue weighted by molar-refractivity contribution is -0.385. The molecule has 2 unspecified atom stereocenters. The Bertz CT molecular complexity index is 919. The van der Waals surface area contributed by atoms with Crippen molar-refractivity contribution in [2.24, 2.45) is 5.92 Å². The SMILES string of the molecule is Cc1c([N+](=O)[O-])cccc1S(=O)(=O)N(C)Cc1ccc(C2CC2C)o1. The van der Waals surface area contributed by atoms with E-state index >= 15 is 0 Å². The number of rotatable bonds is 6. The van der Waals surface area contributed by atoms with Crippen LogP contribution in [0.1, 0.15) is 36.3 Å². The number of nitro benzene ring substituents is 1. The van der Waals surface area contributed by atoms with Crippen LogP contribution in [-0.2, 0) is 16.6 Å². The van der Waals surface area contributed by atoms with Gasteiger partial charge in [-0.05, 0) is 37.5 Å². The fraction of sp³-hybridized carbons (Fsp3) is 0.412. The van der Waals surface area contributed by atoms with Crippen LogP contribution >= 0.6 is 0 Å². The molecule has 2 atom stereocenters. The lowest BCUT2D eigenvalue weighted by Crippen LogP contribution is -2.27. The van der Waals surface area contributed by atoms with E-state index in [0.717, 1.165) is 16.5 Å². The molecule has 8 heteroatoms. The van der Waals surface area contributed by atoms with Gasteiger partial charge in [-0.15, -0.1) is 0 Å². The van der Waals surface area contributed by atoms with E-state index in [2.05, 4.69) is 6.92 Å². The summed E-state index contributed by atoms with van der Waals surface area (Å²) in [6.45, 7) is 3.67. The molecule has 2 aromatic rings. The second-order valence-electron chi connectivity index (χ2n) is 6.54. The minimum Gasteiger partial charge on any atom is -0.464 e. The first-order valence-corrected chi connectivity index (χ1v) is 9.44. The van der Waals surface area contributed by atoms with Crippen LogP contribution in [0.3, 0.4) is 0 Å². The molecule has 1 heterocycles. The van der Waals surface area contributed by atoms with Crippen molar-refractivity contribution in [2.45, 2.75) is 37.6 Å². The summed E-state index contributed by atoms with van der Waals surface area (Å²) in [6.07, 6.45) is 1.09. The molecule has 0 amide bonds. The Labute approximate surface area is 146 Å². The van der Waals surface area contributed by atoms with Crippen LogP contribution in [0.5, 0.6) is 0 Å². The van der Waals surface area contributed by atoms with Gasteiger partial charge in [0.05, 0.1) is 16.4 Å². The second-order valence-corrected chi connectivity index (χ2v) is 8.56. The van der Waals surface area contributed by atoms with E-state index in [9.17, 15) is 18.5 Å². The number of hydrogen-bond donors (Lipinski definition) is 0. The summed E-state index contributed by atoms with van der Waals surface area (Å²) in [7, 11) is -2.42. The lowest BCUT2D eigenvalue weighted by atomic mass is 10.2. The minimum absolute atomic E-state index is 0.0632. The third-order valence-electron chi connectivity index (χ3n) is 4.68. The standard InChI is InChI=1S/C17H20N2O5S/c1-11-9-14(11)16-8-7-13(24-16)10-18(3)25(22,23)17-6-4-5-15(12(17)2)19(20)21/h4-8,11,14H,9-10H2,1-3H3. The highest BCUT2D eigenvalue weighted by atomic mass is 32.2. The van der Waals surface area contributed by atoms with Gasteiger partial charge in [0.1, 0.15) is 11.5 Å². The molecule has 1 aromatic heterocycles. The zero-order valence-electron chi connectivity index (χ0n) is 14.3. The highest BCUT2D eigenvalue weighted by molar-refractivity contribution is 7.89. The lowest BCUT2D eigenvalue weighted by Gasteiger charge is -2.17. The molecule has 1 aromatic carbocycles. The Morgan fingerprint density at radius 1 is 1.32 bits per heavy atom. The Kier molecular flexibility index (Phi) is 4.42.